The van der Waals surface area contributed by atoms with Gasteiger partial charge in [0.25, 0.3) is 11.5 Å². The highest BCUT2D eigenvalue weighted by Crippen LogP contribution is 2.18. The summed E-state index contributed by atoms with van der Waals surface area (Å²) in [6.07, 6.45) is 3.36. The van der Waals surface area contributed by atoms with E-state index in [2.05, 4.69) is 15.4 Å². The molecule has 8 nitrogen and oxygen atoms in total. The maximum absolute atomic E-state index is 12.7. The molecule has 8 heteroatoms. The largest absolute Gasteiger partial charge is 0.376 e. The van der Waals surface area contributed by atoms with Gasteiger partial charge in [-0.2, -0.15) is 5.10 Å². The fourth-order valence-electron chi connectivity index (χ4n) is 3.09. The predicted octanol–water partition coefficient (Wildman–Crippen LogP) is 1.03. The number of aromatic nitrogens is 4. The molecule has 0 radical (unpaired) electrons. The summed E-state index contributed by atoms with van der Waals surface area (Å²) in [5.41, 5.74) is 1.15. The summed E-state index contributed by atoms with van der Waals surface area (Å²) in [7, 11) is 1.62. The van der Waals surface area contributed by atoms with Crippen LogP contribution >= 0.6 is 0 Å². The third-order valence-electron chi connectivity index (χ3n) is 4.47. The summed E-state index contributed by atoms with van der Waals surface area (Å²) in [5, 5.41) is 7.24. The Morgan fingerprint density at radius 2 is 2.15 bits per heavy atom. The molecule has 1 fully saturated rings. The molecule has 0 bridgehead atoms. The van der Waals surface area contributed by atoms with E-state index in [-0.39, 0.29) is 28.8 Å². The zero-order chi connectivity index (χ0) is 18.1. The van der Waals surface area contributed by atoms with Crippen molar-refractivity contribution in [2.75, 3.05) is 13.2 Å². The average Bonchev–Trinajstić information content (AvgIpc) is 3.31. The van der Waals surface area contributed by atoms with Crippen molar-refractivity contribution in [3.8, 4) is 5.69 Å². The number of para-hydroxylation sites is 1. The van der Waals surface area contributed by atoms with E-state index in [0.717, 1.165) is 19.4 Å². The number of ether oxygens (including phenoxy) is 1. The van der Waals surface area contributed by atoms with E-state index < -0.39 is 0 Å². The number of amides is 1. The maximum Gasteiger partial charge on any atom is 0.279 e. The van der Waals surface area contributed by atoms with Crippen LogP contribution in [-0.2, 0) is 11.8 Å². The van der Waals surface area contributed by atoms with Gasteiger partial charge in [-0.05, 0) is 25.0 Å². The van der Waals surface area contributed by atoms with E-state index in [1.807, 2.05) is 30.3 Å². The van der Waals surface area contributed by atoms with Gasteiger partial charge in [-0.15, -0.1) is 0 Å². The van der Waals surface area contributed by atoms with Gasteiger partial charge in [0.05, 0.1) is 18.1 Å². The number of aryl methyl sites for hydroxylation is 1. The van der Waals surface area contributed by atoms with Crippen LogP contribution in [0.25, 0.3) is 16.7 Å². The monoisotopic (exact) mass is 353 g/mol. The van der Waals surface area contributed by atoms with Crippen molar-refractivity contribution in [1.29, 1.82) is 0 Å². The Kier molecular flexibility index (Phi) is 4.26. The van der Waals surface area contributed by atoms with Gasteiger partial charge in [0.1, 0.15) is 5.52 Å². The first-order valence-electron chi connectivity index (χ1n) is 8.55. The summed E-state index contributed by atoms with van der Waals surface area (Å²) in [6.45, 7) is 1.15. The Balaban J connectivity index is 1.76. The van der Waals surface area contributed by atoms with E-state index in [4.69, 9.17) is 4.74 Å². The molecule has 2 aromatic heterocycles. The molecular formula is C18H19N5O3. The average molecular weight is 353 g/mol. The fraction of sp³-hybridized carbons (Fsp3) is 0.333. The van der Waals surface area contributed by atoms with E-state index >= 15 is 0 Å². The molecule has 0 saturated carbocycles. The molecule has 3 aromatic rings. The van der Waals surface area contributed by atoms with Gasteiger partial charge in [0.2, 0.25) is 0 Å². The minimum atomic E-state index is -0.360. The third kappa shape index (κ3) is 2.88. The van der Waals surface area contributed by atoms with Crippen LogP contribution in [0.5, 0.6) is 0 Å². The second kappa shape index (κ2) is 6.72. The standard InChI is InChI=1S/C18H19N5O3/c1-22-11-20-14-15(17(24)19-10-13-8-5-9-26-13)21-23(16(14)18(22)25)12-6-3-2-4-7-12/h2-4,6-7,11,13H,5,8-10H2,1H3,(H,19,24)/t13-/m1/s1. The third-order valence-corrected chi connectivity index (χ3v) is 4.47. The second-order valence-corrected chi connectivity index (χ2v) is 6.30. The van der Waals surface area contributed by atoms with Crippen LogP contribution in [-0.4, -0.2) is 44.5 Å². The molecule has 1 aliphatic rings. The molecule has 0 spiro atoms. The van der Waals surface area contributed by atoms with Crippen molar-refractivity contribution in [1.82, 2.24) is 24.6 Å². The van der Waals surface area contributed by atoms with E-state index in [0.29, 0.717) is 17.7 Å². The van der Waals surface area contributed by atoms with Crippen molar-refractivity contribution >= 4 is 16.9 Å². The molecule has 3 heterocycles. The van der Waals surface area contributed by atoms with Crippen LogP contribution in [0.3, 0.4) is 0 Å². The SMILES string of the molecule is Cn1cnc2c(C(=O)NC[C@H]3CCCO3)nn(-c3ccccc3)c2c1=O. The van der Waals surface area contributed by atoms with E-state index in [9.17, 15) is 9.59 Å². The zero-order valence-corrected chi connectivity index (χ0v) is 14.4. The Morgan fingerprint density at radius 3 is 2.88 bits per heavy atom. The van der Waals surface area contributed by atoms with Crippen molar-refractivity contribution in [2.45, 2.75) is 18.9 Å². The summed E-state index contributed by atoms with van der Waals surface area (Å²) >= 11 is 0. The first kappa shape index (κ1) is 16.5. The number of hydrogen-bond acceptors (Lipinski definition) is 5. The number of hydrogen-bond donors (Lipinski definition) is 1. The lowest BCUT2D eigenvalue weighted by Gasteiger charge is -2.09. The van der Waals surface area contributed by atoms with Gasteiger partial charge in [-0.3, -0.25) is 9.59 Å². The normalized spacial score (nSPS) is 16.9. The van der Waals surface area contributed by atoms with E-state index in [1.165, 1.54) is 15.6 Å². The first-order valence-corrected chi connectivity index (χ1v) is 8.55. The number of carbonyl (C=O) groups excluding carboxylic acids is 1. The fourth-order valence-corrected chi connectivity index (χ4v) is 3.09. The Morgan fingerprint density at radius 1 is 1.35 bits per heavy atom. The van der Waals surface area contributed by atoms with Gasteiger partial charge in [0, 0.05) is 20.2 Å². The van der Waals surface area contributed by atoms with Gasteiger partial charge in [-0.1, -0.05) is 18.2 Å². The van der Waals surface area contributed by atoms with Crippen molar-refractivity contribution < 1.29 is 9.53 Å². The topological polar surface area (TPSA) is 91.0 Å². The molecule has 26 heavy (non-hydrogen) atoms. The zero-order valence-electron chi connectivity index (χ0n) is 14.4. The van der Waals surface area contributed by atoms with Crippen LogP contribution in [0.15, 0.2) is 41.5 Å². The highest BCUT2D eigenvalue weighted by atomic mass is 16.5. The molecule has 1 atom stereocenters. The highest BCUT2D eigenvalue weighted by Gasteiger charge is 2.23. The molecule has 134 valence electrons. The highest BCUT2D eigenvalue weighted by molar-refractivity contribution is 6.03. The van der Waals surface area contributed by atoms with Crippen LogP contribution in [0.2, 0.25) is 0 Å². The number of fused-ring (bicyclic) bond motifs is 1. The number of nitrogens with one attached hydrogen (secondary N) is 1. The van der Waals surface area contributed by atoms with Crippen LogP contribution in [0, 0.1) is 0 Å². The smallest absolute Gasteiger partial charge is 0.279 e. The number of rotatable bonds is 4. The van der Waals surface area contributed by atoms with Gasteiger partial charge < -0.3 is 14.6 Å². The first-order chi connectivity index (χ1) is 12.6. The van der Waals surface area contributed by atoms with Gasteiger partial charge in [-0.25, -0.2) is 9.67 Å². The number of benzene rings is 1. The summed E-state index contributed by atoms with van der Waals surface area (Å²) in [6, 6.07) is 9.22. The Bertz CT molecular complexity index is 1000. The maximum atomic E-state index is 12.7. The summed E-state index contributed by atoms with van der Waals surface area (Å²) in [5.74, 6) is -0.360. The molecule has 0 unspecified atom stereocenters. The van der Waals surface area contributed by atoms with Crippen molar-refractivity contribution in [3.63, 3.8) is 0 Å². The second-order valence-electron chi connectivity index (χ2n) is 6.30. The molecule has 4 rings (SSSR count). The van der Waals surface area contributed by atoms with Crippen LogP contribution in [0.1, 0.15) is 23.3 Å². The van der Waals surface area contributed by atoms with Gasteiger partial charge >= 0.3 is 0 Å². The molecule has 0 aliphatic carbocycles. The minimum Gasteiger partial charge on any atom is -0.376 e. The lowest BCUT2D eigenvalue weighted by Crippen LogP contribution is -2.32. The predicted molar refractivity (Wildman–Crippen MR) is 95.4 cm³/mol. The van der Waals surface area contributed by atoms with Crippen molar-refractivity contribution in [3.05, 3.63) is 52.7 Å². The molecule has 1 aliphatic heterocycles. The summed E-state index contributed by atoms with van der Waals surface area (Å²) < 4.78 is 8.38. The Hall–Kier alpha value is -3.00. The summed E-state index contributed by atoms with van der Waals surface area (Å²) in [4.78, 5) is 29.6. The van der Waals surface area contributed by atoms with E-state index in [1.54, 1.807) is 7.05 Å². The van der Waals surface area contributed by atoms with Crippen LogP contribution in [0.4, 0.5) is 0 Å². The number of carbonyl (C=O) groups is 1. The lowest BCUT2D eigenvalue weighted by atomic mass is 10.2. The van der Waals surface area contributed by atoms with Crippen LogP contribution < -0.4 is 10.9 Å². The lowest BCUT2D eigenvalue weighted by molar-refractivity contribution is 0.0854. The molecular weight excluding hydrogens is 334 g/mol. The minimum absolute atomic E-state index is 0.0299. The molecule has 1 aromatic carbocycles. The molecule has 1 N–H and O–H groups in total. The number of nitrogens with zero attached hydrogens (tertiary/aromatic N) is 4. The molecule has 1 saturated heterocycles. The van der Waals surface area contributed by atoms with Gasteiger partial charge in [0.15, 0.2) is 11.2 Å². The quantitative estimate of drug-likeness (QED) is 0.756. The van der Waals surface area contributed by atoms with Crippen molar-refractivity contribution in [2.24, 2.45) is 7.05 Å². The molecule has 1 amide bonds. The Labute approximate surface area is 149 Å².